The van der Waals surface area contributed by atoms with Gasteiger partial charge in [-0.1, -0.05) is 5.92 Å². The molecule has 0 amide bonds. The van der Waals surface area contributed by atoms with Gasteiger partial charge < -0.3 is 20.1 Å². The Balaban J connectivity index is 1.66. The Labute approximate surface area is 198 Å². The number of ether oxygens (including phenoxy) is 1. The van der Waals surface area contributed by atoms with Crippen LogP contribution in [0.15, 0.2) is 24.7 Å². The smallest absolute Gasteiger partial charge is 0.221 e. The van der Waals surface area contributed by atoms with Crippen molar-refractivity contribution in [2.45, 2.75) is 51.8 Å². The normalized spacial score (nSPS) is 15.4. The summed E-state index contributed by atoms with van der Waals surface area (Å²) < 4.78 is 9.22. The predicted octanol–water partition coefficient (Wildman–Crippen LogP) is 2.99. The van der Waals surface area contributed by atoms with Gasteiger partial charge in [0.1, 0.15) is 28.0 Å². The minimum absolute atomic E-state index is 0.202. The molecule has 4 aromatic rings. The van der Waals surface area contributed by atoms with Gasteiger partial charge in [-0.2, -0.15) is 5.10 Å². The number of nitrogen functional groups attached to an aromatic ring is 1. The van der Waals surface area contributed by atoms with E-state index in [1.807, 2.05) is 30.1 Å². The molecule has 4 heterocycles. The Hall–Kier alpha value is -3.48. The molecule has 4 aromatic heterocycles. The first-order valence-electron chi connectivity index (χ1n) is 11.6. The van der Waals surface area contributed by atoms with Gasteiger partial charge in [0.15, 0.2) is 0 Å². The molecular weight excluding hydrogens is 430 g/mol. The summed E-state index contributed by atoms with van der Waals surface area (Å²) in [4.78, 5) is 13.5. The third-order valence-corrected chi connectivity index (χ3v) is 6.34. The van der Waals surface area contributed by atoms with Crippen LogP contribution in [0.5, 0.6) is 0 Å². The van der Waals surface area contributed by atoms with Crippen LogP contribution in [0.4, 0.5) is 5.95 Å². The van der Waals surface area contributed by atoms with Crippen LogP contribution in [-0.2, 0) is 17.8 Å². The second-order valence-corrected chi connectivity index (χ2v) is 8.99. The van der Waals surface area contributed by atoms with Crippen molar-refractivity contribution in [2.75, 3.05) is 19.5 Å². The molecule has 3 N–H and O–H groups in total. The monoisotopic (exact) mass is 459 g/mol. The molecule has 34 heavy (non-hydrogen) atoms. The number of aliphatic hydroxyl groups is 1. The van der Waals surface area contributed by atoms with Gasteiger partial charge in [-0.3, -0.25) is 4.68 Å². The Morgan fingerprint density at radius 1 is 1.29 bits per heavy atom. The second kappa shape index (κ2) is 8.70. The molecule has 0 saturated heterocycles. The van der Waals surface area contributed by atoms with Crippen LogP contribution < -0.4 is 5.73 Å². The first-order chi connectivity index (χ1) is 16.4. The van der Waals surface area contributed by atoms with Crippen molar-refractivity contribution in [1.29, 1.82) is 0 Å². The van der Waals surface area contributed by atoms with E-state index < -0.39 is 5.60 Å². The molecule has 5 rings (SSSR count). The number of hydrogen-bond donors (Lipinski definition) is 2. The number of rotatable bonds is 7. The fourth-order valence-electron chi connectivity index (χ4n) is 4.27. The van der Waals surface area contributed by atoms with Crippen molar-refractivity contribution < 1.29 is 9.84 Å². The highest BCUT2D eigenvalue weighted by atomic mass is 16.5. The maximum atomic E-state index is 10.6. The lowest BCUT2D eigenvalue weighted by molar-refractivity contribution is 0.0980. The van der Waals surface area contributed by atoms with E-state index >= 15 is 0 Å². The van der Waals surface area contributed by atoms with Gasteiger partial charge in [0, 0.05) is 44.0 Å². The summed E-state index contributed by atoms with van der Waals surface area (Å²) in [6.07, 6.45) is 8.65. The fourth-order valence-corrected chi connectivity index (χ4v) is 4.27. The standard InChI is InChI=1S/C25H29N7O2/c1-4-32-15-20-23(30-32)22(29-24(26)28-20)19-14-31(10-5-11-34-3)21-13-27-17(12-18(19)21)8-9-25(2,33)16-6-7-16/h12-16,33H,4-7,10-11H2,1-3H3,(H2,26,28). The third kappa shape index (κ3) is 4.22. The van der Waals surface area contributed by atoms with E-state index in [2.05, 4.69) is 42.7 Å². The van der Waals surface area contributed by atoms with E-state index in [-0.39, 0.29) is 11.9 Å². The maximum Gasteiger partial charge on any atom is 0.221 e. The highest BCUT2D eigenvalue weighted by molar-refractivity contribution is 6.02. The lowest BCUT2D eigenvalue weighted by Gasteiger charge is -2.14. The Bertz CT molecular complexity index is 1420. The van der Waals surface area contributed by atoms with Gasteiger partial charge in [-0.25, -0.2) is 15.0 Å². The summed E-state index contributed by atoms with van der Waals surface area (Å²) in [6, 6.07) is 1.95. The van der Waals surface area contributed by atoms with Crippen molar-refractivity contribution in [3.63, 3.8) is 0 Å². The van der Waals surface area contributed by atoms with Gasteiger partial charge >= 0.3 is 0 Å². The number of methoxy groups -OCH3 is 1. The molecule has 9 heteroatoms. The number of aryl methyl sites for hydroxylation is 2. The van der Waals surface area contributed by atoms with E-state index in [1.165, 1.54) is 0 Å². The minimum Gasteiger partial charge on any atom is -0.385 e. The molecule has 1 fully saturated rings. The number of nitrogens with zero attached hydrogens (tertiary/aromatic N) is 6. The molecule has 1 aliphatic carbocycles. The summed E-state index contributed by atoms with van der Waals surface area (Å²) in [5, 5.41) is 16.2. The number of fused-ring (bicyclic) bond motifs is 2. The summed E-state index contributed by atoms with van der Waals surface area (Å²) in [5.74, 6) is 6.55. The predicted molar refractivity (Wildman–Crippen MR) is 131 cm³/mol. The van der Waals surface area contributed by atoms with Crippen LogP contribution in [0, 0.1) is 17.8 Å². The van der Waals surface area contributed by atoms with Crippen molar-refractivity contribution in [1.82, 2.24) is 29.3 Å². The summed E-state index contributed by atoms with van der Waals surface area (Å²) >= 11 is 0. The minimum atomic E-state index is -0.994. The number of anilines is 1. The van der Waals surface area contributed by atoms with Crippen LogP contribution in [0.2, 0.25) is 0 Å². The van der Waals surface area contributed by atoms with Gasteiger partial charge in [-0.15, -0.1) is 0 Å². The van der Waals surface area contributed by atoms with Crippen LogP contribution in [0.3, 0.4) is 0 Å². The molecule has 0 aliphatic heterocycles. The highest BCUT2D eigenvalue weighted by Gasteiger charge is 2.38. The summed E-state index contributed by atoms with van der Waals surface area (Å²) in [5.41, 5.74) is 9.63. The van der Waals surface area contributed by atoms with Crippen LogP contribution in [0.1, 0.15) is 38.8 Å². The Morgan fingerprint density at radius 3 is 2.85 bits per heavy atom. The SMILES string of the molecule is CCn1cc2nc(N)nc(-c3cn(CCCOC)c4cnc(C#CC(C)(O)C5CC5)cc34)c2n1. The van der Waals surface area contributed by atoms with Crippen LogP contribution in [0.25, 0.3) is 33.2 Å². The van der Waals surface area contributed by atoms with Gasteiger partial charge in [-0.05, 0) is 51.0 Å². The van der Waals surface area contributed by atoms with E-state index in [9.17, 15) is 5.11 Å². The first-order valence-corrected chi connectivity index (χ1v) is 11.6. The molecule has 1 atom stereocenters. The van der Waals surface area contributed by atoms with Gasteiger partial charge in [0.2, 0.25) is 5.95 Å². The largest absolute Gasteiger partial charge is 0.385 e. The topological polar surface area (TPSA) is 117 Å². The van der Waals surface area contributed by atoms with Gasteiger partial charge in [0.25, 0.3) is 0 Å². The maximum absolute atomic E-state index is 10.6. The first kappa shape index (κ1) is 22.3. The number of nitrogens with two attached hydrogens (primary N) is 1. The molecule has 9 nitrogen and oxygen atoms in total. The average molecular weight is 460 g/mol. The number of hydrogen-bond acceptors (Lipinski definition) is 7. The van der Waals surface area contributed by atoms with Crippen molar-refractivity contribution in [2.24, 2.45) is 5.92 Å². The van der Waals surface area contributed by atoms with Crippen molar-refractivity contribution in [3.05, 3.63) is 30.4 Å². The zero-order chi connectivity index (χ0) is 23.9. The van der Waals surface area contributed by atoms with Crippen LogP contribution in [-0.4, -0.2) is 53.7 Å². The molecule has 176 valence electrons. The van der Waals surface area contributed by atoms with Crippen LogP contribution >= 0.6 is 0 Å². The molecule has 1 saturated carbocycles. The van der Waals surface area contributed by atoms with E-state index in [4.69, 9.17) is 10.5 Å². The van der Waals surface area contributed by atoms with Crippen molar-refractivity contribution >= 4 is 27.9 Å². The Kier molecular flexibility index (Phi) is 5.71. The lowest BCUT2D eigenvalue weighted by atomic mass is 10.0. The van der Waals surface area contributed by atoms with E-state index in [0.717, 1.165) is 48.8 Å². The van der Waals surface area contributed by atoms with E-state index in [1.54, 1.807) is 14.0 Å². The molecular formula is C25H29N7O2. The zero-order valence-electron chi connectivity index (χ0n) is 19.7. The second-order valence-electron chi connectivity index (χ2n) is 8.99. The Morgan fingerprint density at radius 2 is 2.12 bits per heavy atom. The number of aromatic nitrogens is 6. The molecule has 0 aromatic carbocycles. The molecule has 1 aliphatic rings. The molecule has 1 unspecified atom stereocenters. The van der Waals surface area contributed by atoms with Crippen molar-refractivity contribution in [3.8, 4) is 23.1 Å². The molecule has 0 radical (unpaired) electrons. The average Bonchev–Trinajstić information content (AvgIpc) is 3.52. The zero-order valence-corrected chi connectivity index (χ0v) is 19.7. The summed E-state index contributed by atoms with van der Waals surface area (Å²) in [7, 11) is 1.70. The molecule has 0 bridgehead atoms. The number of pyridine rings is 1. The third-order valence-electron chi connectivity index (χ3n) is 6.34. The fraction of sp³-hybridized carbons (Fsp3) is 0.440. The molecule has 0 spiro atoms. The quantitative estimate of drug-likeness (QED) is 0.322. The lowest BCUT2D eigenvalue weighted by Crippen LogP contribution is -2.24. The highest BCUT2D eigenvalue weighted by Crippen LogP contribution is 2.39. The summed E-state index contributed by atoms with van der Waals surface area (Å²) in [6.45, 7) is 5.95. The van der Waals surface area contributed by atoms with E-state index in [0.29, 0.717) is 29.0 Å². The van der Waals surface area contributed by atoms with Gasteiger partial charge in [0.05, 0.1) is 17.9 Å².